The maximum absolute atomic E-state index is 12.8. The topological polar surface area (TPSA) is 84.4 Å². The summed E-state index contributed by atoms with van der Waals surface area (Å²) in [6.45, 7) is 3.71. The normalized spacial score (nSPS) is 15.0. The predicted molar refractivity (Wildman–Crippen MR) is 134 cm³/mol. The lowest BCUT2D eigenvalue weighted by molar-refractivity contribution is -0.138. The molecule has 2 rings (SSSR count). The molecule has 1 aliphatic rings. The molecule has 1 amide bonds. The van der Waals surface area contributed by atoms with Crippen LogP contribution in [0, 0.1) is 5.41 Å². The van der Waals surface area contributed by atoms with E-state index in [-0.39, 0.29) is 35.3 Å². The Morgan fingerprint density at radius 3 is 2.13 bits per heavy atom. The first-order valence-corrected chi connectivity index (χ1v) is 10.4. The van der Waals surface area contributed by atoms with Crippen LogP contribution in [0.3, 0.4) is 0 Å². The maximum Gasteiger partial charge on any atom is 0.230 e. The summed E-state index contributed by atoms with van der Waals surface area (Å²) in [5.41, 5.74) is 0.521. The fourth-order valence-electron chi connectivity index (χ4n) is 3.97. The molecule has 31 heavy (non-hydrogen) atoms. The highest BCUT2D eigenvalue weighted by atomic mass is 127. The van der Waals surface area contributed by atoms with Gasteiger partial charge in [0, 0.05) is 38.8 Å². The number of amides is 1. The number of halogens is 1. The number of hydrogen-bond donors (Lipinski definition) is 2. The molecular weight excluding hydrogens is 511 g/mol. The number of methoxy groups -OCH3 is 3. The molecule has 0 bridgehead atoms. The molecule has 176 valence electrons. The third-order valence-corrected chi connectivity index (χ3v) is 5.55. The minimum absolute atomic E-state index is 0. The number of rotatable bonds is 9. The smallest absolute Gasteiger partial charge is 0.230 e. The Balaban J connectivity index is 0.00000480. The third-order valence-electron chi connectivity index (χ3n) is 5.55. The van der Waals surface area contributed by atoms with Gasteiger partial charge in [-0.2, -0.15) is 0 Å². The van der Waals surface area contributed by atoms with Crippen molar-refractivity contribution in [3.05, 3.63) is 17.7 Å². The molecule has 1 fully saturated rings. The number of ether oxygens (including phenoxy) is 3. The van der Waals surface area contributed by atoms with Crippen molar-refractivity contribution in [2.75, 3.05) is 48.5 Å². The van der Waals surface area contributed by atoms with Crippen LogP contribution in [0.2, 0.25) is 0 Å². The van der Waals surface area contributed by atoms with Gasteiger partial charge < -0.3 is 29.7 Å². The Morgan fingerprint density at radius 1 is 1.03 bits per heavy atom. The number of benzene rings is 1. The van der Waals surface area contributed by atoms with Crippen molar-refractivity contribution in [3.63, 3.8) is 0 Å². The van der Waals surface area contributed by atoms with Crippen molar-refractivity contribution in [2.45, 2.75) is 39.2 Å². The standard InChI is InChI=1S/C22H36N4O4.HI/c1-7-23-21(25-15-22(10-8-9-11-22)20(27)26(2)3)24-14-16-12-18(29-5)19(30-6)13-17(16)28-4;/h12-13H,7-11,14-15H2,1-6H3,(H2,23,24,25);1H. The first kappa shape index (κ1) is 27.1. The van der Waals surface area contributed by atoms with Gasteiger partial charge in [-0.1, -0.05) is 12.8 Å². The average Bonchev–Trinajstić information content (AvgIpc) is 3.24. The fraction of sp³-hybridized carbons (Fsp3) is 0.636. The van der Waals surface area contributed by atoms with Crippen LogP contribution in [0.25, 0.3) is 0 Å². The van der Waals surface area contributed by atoms with E-state index < -0.39 is 0 Å². The molecule has 0 heterocycles. The second kappa shape index (κ2) is 12.8. The highest BCUT2D eigenvalue weighted by molar-refractivity contribution is 14.0. The van der Waals surface area contributed by atoms with Gasteiger partial charge in [0.05, 0.1) is 33.3 Å². The Morgan fingerprint density at radius 2 is 1.61 bits per heavy atom. The van der Waals surface area contributed by atoms with Crippen molar-refractivity contribution in [2.24, 2.45) is 10.4 Å². The Labute approximate surface area is 203 Å². The summed E-state index contributed by atoms with van der Waals surface area (Å²) in [7, 11) is 8.46. The van der Waals surface area contributed by atoms with Gasteiger partial charge in [0.1, 0.15) is 5.75 Å². The van der Waals surface area contributed by atoms with Gasteiger partial charge in [-0.3, -0.25) is 4.79 Å². The van der Waals surface area contributed by atoms with Crippen molar-refractivity contribution in [3.8, 4) is 17.2 Å². The molecule has 1 aliphatic carbocycles. The van der Waals surface area contributed by atoms with E-state index in [1.807, 2.05) is 27.1 Å². The van der Waals surface area contributed by atoms with E-state index in [2.05, 4.69) is 10.6 Å². The molecule has 0 saturated heterocycles. The molecule has 1 aromatic carbocycles. The molecule has 0 aromatic heterocycles. The zero-order valence-electron chi connectivity index (χ0n) is 19.5. The van der Waals surface area contributed by atoms with Crippen molar-refractivity contribution in [1.82, 2.24) is 15.5 Å². The van der Waals surface area contributed by atoms with Crippen LogP contribution in [-0.4, -0.2) is 65.3 Å². The molecule has 1 saturated carbocycles. The number of carbonyl (C=O) groups is 1. The zero-order valence-corrected chi connectivity index (χ0v) is 21.9. The van der Waals surface area contributed by atoms with Crippen LogP contribution < -0.4 is 24.8 Å². The predicted octanol–water partition coefficient (Wildman–Crippen LogP) is 3.03. The molecule has 9 heteroatoms. The first-order valence-electron chi connectivity index (χ1n) is 10.4. The summed E-state index contributed by atoms with van der Waals surface area (Å²) in [6, 6.07) is 3.67. The SMILES string of the molecule is CCNC(=NCc1cc(OC)c(OC)cc1OC)NCC1(C(=O)N(C)C)CCCC1.I. The summed E-state index contributed by atoms with van der Waals surface area (Å²) >= 11 is 0. The summed E-state index contributed by atoms with van der Waals surface area (Å²) in [5.74, 6) is 2.78. The van der Waals surface area contributed by atoms with E-state index >= 15 is 0 Å². The minimum atomic E-state index is -0.360. The number of guanidine groups is 1. The number of nitrogens with zero attached hydrogens (tertiary/aromatic N) is 2. The monoisotopic (exact) mass is 548 g/mol. The lowest BCUT2D eigenvalue weighted by Gasteiger charge is -2.31. The molecule has 8 nitrogen and oxygen atoms in total. The van der Waals surface area contributed by atoms with Gasteiger partial charge in [-0.25, -0.2) is 4.99 Å². The Bertz CT molecular complexity index is 749. The summed E-state index contributed by atoms with van der Waals surface area (Å²) < 4.78 is 16.2. The van der Waals surface area contributed by atoms with Crippen LogP contribution in [-0.2, 0) is 11.3 Å². The quantitative estimate of drug-likeness (QED) is 0.281. The van der Waals surface area contributed by atoms with Crippen LogP contribution in [0.15, 0.2) is 17.1 Å². The van der Waals surface area contributed by atoms with Crippen LogP contribution in [0.1, 0.15) is 38.2 Å². The molecule has 0 radical (unpaired) electrons. The summed E-state index contributed by atoms with van der Waals surface area (Å²) in [6.07, 6.45) is 3.97. The summed E-state index contributed by atoms with van der Waals surface area (Å²) in [5, 5.41) is 6.66. The summed E-state index contributed by atoms with van der Waals surface area (Å²) in [4.78, 5) is 19.2. The largest absolute Gasteiger partial charge is 0.496 e. The number of carbonyl (C=O) groups excluding carboxylic acids is 1. The van der Waals surface area contributed by atoms with Crippen LogP contribution >= 0.6 is 24.0 Å². The second-order valence-corrected chi connectivity index (χ2v) is 7.75. The van der Waals surface area contributed by atoms with E-state index in [4.69, 9.17) is 19.2 Å². The lowest BCUT2D eigenvalue weighted by Crippen LogP contribution is -2.49. The van der Waals surface area contributed by atoms with E-state index in [0.29, 0.717) is 36.3 Å². The maximum atomic E-state index is 12.8. The number of nitrogens with one attached hydrogen (secondary N) is 2. The third kappa shape index (κ3) is 6.78. The molecule has 2 N–H and O–H groups in total. The van der Waals surface area contributed by atoms with E-state index in [9.17, 15) is 4.79 Å². The Hall–Kier alpha value is -1.91. The lowest BCUT2D eigenvalue weighted by atomic mass is 9.84. The van der Waals surface area contributed by atoms with Gasteiger partial charge in [0.2, 0.25) is 5.91 Å². The van der Waals surface area contributed by atoms with Crippen LogP contribution in [0.4, 0.5) is 0 Å². The van der Waals surface area contributed by atoms with E-state index in [1.165, 1.54) is 0 Å². The van der Waals surface area contributed by atoms with E-state index in [0.717, 1.165) is 37.8 Å². The highest BCUT2D eigenvalue weighted by Gasteiger charge is 2.42. The fourth-order valence-corrected chi connectivity index (χ4v) is 3.97. The number of aliphatic imine (C=N–C) groups is 1. The minimum Gasteiger partial charge on any atom is -0.496 e. The van der Waals surface area contributed by atoms with Crippen molar-refractivity contribution in [1.29, 1.82) is 0 Å². The molecule has 0 spiro atoms. The van der Waals surface area contributed by atoms with Gasteiger partial charge in [0.15, 0.2) is 17.5 Å². The van der Waals surface area contributed by atoms with Crippen molar-refractivity contribution < 1.29 is 19.0 Å². The average molecular weight is 548 g/mol. The highest BCUT2D eigenvalue weighted by Crippen LogP contribution is 2.39. The van der Waals surface area contributed by atoms with E-state index in [1.54, 1.807) is 32.3 Å². The van der Waals surface area contributed by atoms with Gasteiger partial charge in [0.25, 0.3) is 0 Å². The molecule has 0 unspecified atom stereocenters. The van der Waals surface area contributed by atoms with Gasteiger partial charge in [-0.05, 0) is 25.8 Å². The number of hydrogen-bond acceptors (Lipinski definition) is 5. The molecule has 1 aromatic rings. The van der Waals surface area contributed by atoms with Crippen LogP contribution in [0.5, 0.6) is 17.2 Å². The Kier molecular flexibility index (Phi) is 11.2. The first-order chi connectivity index (χ1) is 14.4. The zero-order chi connectivity index (χ0) is 22.1. The van der Waals surface area contributed by atoms with Crippen molar-refractivity contribution >= 4 is 35.8 Å². The van der Waals surface area contributed by atoms with Gasteiger partial charge >= 0.3 is 0 Å². The molecular formula is C22H37IN4O4. The second-order valence-electron chi connectivity index (χ2n) is 7.75. The van der Waals surface area contributed by atoms with Gasteiger partial charge in [-0.15, -0.1) is 24.0 Å². The molecule has 0 aliphatic heterocycles. The molecule has 0 atom stereocenters.